The van der Waals surface area contributed by atoms with E-state index in [1.807, 2.05) is 14.4 Å². The fraction of sp³-hybridized carbons (Fsp3) is 0.750. The second-order valence-corrected chi connectivity index (χ2v) is 21.9. The molecule has 1 aliphatic heterocycles. The third kappa shape index (κ3) is 29.1. The maximum atomic E-state index is 11.7. The Morgan fingerprint density at radius 3 is 1.12 bits per heavy atom. The van der Waals surface area contributed by atoms with Crippen LogP contribution in [0.1, 0.15) is 308 Å². The molecule has 386 valence electrons. The van der Waals surface area contributed by atoms with Crippen molar-refractivity contribution in [1.29, 1.82) is 0 Å². The average molecular weight is 966 g/mol. The van der Waals surface area contributed by atoms with Crippen molar-refractivity contribution in [3.63, 3.8) is 0 Å². The van der Waals surface area contributed by atoms with Crippen molar-refractivity contribution in [2.45, 2.75) is 309 Å². The molecular weight excluding hydrogens is 855 g/mol. The van der Waals surface area contributed by atoms with E-state index in [4.69, 9.17) is 0 Å². The van der Waals surface area contributed by atoms with Crippen molar-refractivity contribution in [2.24, 2.45) is 0 Å². The van der Waals surface area contributed by atoms with Gasteiger partial charge in [0.05, 0.1) is 0 Å². The van der Waals surface area contributed by atoms with E-state index < -0.39 is 0 Å². The van der Waals surface area contributed by atoms with Crippen LogP contribution >= 0.6 is 0 Å². The molecule has 67 heavy (non-hydrogen) atoms. The molecule has 3 rings (SSSR count). The molecule has 3 heteroatoms. The van der Waals surface area contributed by atoms with E-state index in [2.05, 4.69) is 90.1 Å². The molecule has 2 nitrogen and oxygen atoms in total. The van der Waals surface area contributed by atoms with Gasteiger partial charge in [-0.25, -0.2) is 4.70 Å². The van der Waals surface area contributed by atoms with Gasteiger partial charge in [-0.05, 0) is 80.3 Å². The van der Waals surface area contributed by atoms with Crippen molar-refractivity contribution in [2.75, 3.05) is 0 Å². The second kappa shape index (κ2) is 44.0. The summed E-state index contributed by atoms with van der Waals surface area (Å²) in [7, 11) is 0. The smallest absolute Gasteiger partial charge is 0.0654 e. The Labute approximate surface area is 424 Å². The fourth-order valence-corrected chi connectivity index (χ4v) is 11.0. The van der Waals surface area contributed by atoms with Crippen LogP contribution in [0, 0.1) is 0 Å². The topological polar surface area (TPSA) is 25.3 Å². The number of hydrogen-bond donors (Lipinski definition) is 0. The van der Waals surface area contributed by atoms with Gasteiger partial charge in [-0.2, -0.15) is 0 Å². The Kier molecular flexibility index (Phi) is 40.1. The third-order valence-electron chi connectivity index (χ3n) is 14.2. The van der Waals surface area contributed by atoms with Gasteiger partial charge >= 0.3 is 166 Å². The van der Waals surface area contributed by atoms with Crippen LogP contribution in [0.4, 0.5) is 0 Å². The molecule has 0 spiro atoms. The molecule has 0 aromatic heterocycles. The number of benzene rings is 2. The predicted molar refractivity (Wildman–Crippen MR) is 297 cm³/mol. The van der Waals surface area contributed by atoms with Gasteiger partial charge < -0.3 is 5.53 Å². The van der Waals surface area contributed by atoms with E-state index in [0.717, 1.165) is 61.0 Å². The molecule has 1 aliphatic rings. The van der Waals surface area contributed by atoms with Gasteiger partial charge in [0, 0.05) is 22.3 Å². The van der Waals surface area contributed by atoms with Crippen molar-refractivity contribution in [3.05, 3.63) is 87.5 Å². The summed E-state index contributed by atoms with van der Waals surface area (Å²) in [6.45, 7) is 13.6. The molecule has 0 bridgehead atoms. The van der Waals surface area contributed by atoms with Crippen LogP contribution in [0.3, 0.4) is 0 Å². The molecule has 0 amide bonds. The van der Waals surface area contributed by atoms with Gasteiger partial charge in [-0.3, -0.25) is 0 Å². The minimum atomic E-state index is 0.996. The molecule has 0 aliphatic carbocycles. The summed E-state index contributed by atoms with van der Waals surface area (Å²) in [5.74, 6) is 0. The fourth-order valence-electron chi connectivity index (χ4n) is 9.80. The summed E-state index contributed by atoms with van der Waals surface area (Å²) in [6, 6.07) is 17.7. The van der Waals surface area contributed by atoms with Crippen LogP contribution in [-0.2, 0) is 27.3 Å². The standard InChI is InChI=1S/C32H44N2.2C16H33.Ni/c1-5-9-12-13-19-30-29(18-11-7-3)31(27-22-20-25(8-4)21-23-27)34(33)32(30)28-17-14-16-26(24-28)15-10-6-2;2*1-3-5-7-9-11-13-15-16-14-12-10-8-6-4-2;/h14,16-17,20-24H,5-13,15,18-19H2,1-4H3;2*1,3-16H2,2H3;. The molecular formula is C64H110N2Ni. The monoisotopic (exact) mass is 965 g/mol. The predicted octanol–water partition coefficient (Wildman–Crippen LogP) is 22.8. The molecule has 0 N–H and O–H groups in total. The van der Waals surface area contributed by atoms with Crippen LogP contribution in [0.5, 0.6) is 0 Å². The van der Waals surface area contributed by atoms with Crippen molar-refractivity contribution < 1.29 is 19.1 Å². The van der Waals surface area contributed by atoms with Gasteiger partial charge in [0.2, 0.25) is 11.4 Å². The van der Waals surface area contributed by atoms with E-state index in [1.165, 1.54) is 256 Å². The summed E-state index contributed by atoms with van der Waals surface area (Å²) in [5, 5.41) is 2.87. The van der Waals surface area contributed by atoms with Crippen LogP contribution < -0.4 is 0 Å². The number of rotatable bonds is 44. The van der Waals surface area contributed by atoms with Gasteiger partial charge in [-0.1, -0.05) is 136 Å². The molecule has 1 heterocycles. The SMILES string of the molecule is CCCCCCC1=C(c2cccc(CCCC)c2)[N+](=[N-])C(c2ccc(CC)cc2)=C1CCCC.CCCCCCCCCCCCCCC[CH2][Ni][CH2]CCCCCCCCCCCCCCC. The summed E-state index contributed by atoms with van der Waals surface area (Å²) >= 11 is 2.04. The first-order valence-electron chi connectivity index (χ1n) is 29.6. The molecule has 0 radical (unpaired) electrons. The minimum absolute atomic E-state index is 0.996. The van der Waals surface area contributed by atoms with Crippen LogP contribution in [0.15, 0.2) is 59.7 Å². The Bertz CT molecular complexity index is 1490. The van der Waals surface area contributed by atoms with Gasteiger partial charge in [0.25, 0.3) is 0 Å². The number of nitrogens with zero attached hydrogens (tertiary/aromatic N) is 2. The molecule has 0 fully saturated rings. The Hall–Kier alpha value is -1.99. The number of hydrogen-bond acceptors (Lipinski definition) is 0. The molecule has 2 aromatic rings. The summed E-state index contributed by atoms with van der Waals surface area (Å²) in [5.41, 5.74) is 21.4. The first-order chi connectivity index (χ1) is 33.1. The van der Waals surface area contributed by atoms with Gasteiger partial charge in [0.15, 0.2) is 0 Å². The van der Waals surface area contributed by atoms with E-state index in [9.17, 15) is 5.53 Å². The van der Waals surface area contributed by atoms with Gasteiger partial charge in [0.1, 0.15) is 0 Å². The summed E-state index contributed by atoms with van der Waals surface area (Å²) < 4.78 is 1.53. The minimum Gasteiger partial charge on any atom is -0.0654 e. The third-order valence-corrected chi connectivity index (χ3v) is 15.6. The average Bonchev–Trinajstić information content (AvgIpc) is 3.63. The Morgan fingerprint density at radius 1 is 0.343 bits per heavy atom. The number of unbranched alkanes of at least 4 members (excludes halogenated alkanes) is 31. The molecule has 0 unspecified atom stereocenters. The van der Waals surface area contributed by atoms with Crippen molar-refractivity contribution in [1.82, 2.24) is 0 Å². The summed E-state index contributed by atoms with van der Waals surface area (Å²) in [4.78, 5) is 0. The van der Waals surface area contributed by atoms with E-state index in [1.54, 1.807) is 0 Å². The number of allylic oxidation sites excluding steroid dienone is 2. The van der Waals surface area contributed by atoms with Gasteiger partial charge in [-0.15, -0.1) is 0 Å². The second-order valence-electron chi connectivity index (χ2n) is 20.4. The zero-order valence-corrected chi connectivity index (χ0v) is 46.5. The zero-order chi connectivity index (χ0) is 48.3. The first-order valence-corrected chi connectivity index (χ1v) is 31.0. The summed E-state index contributed by atoms with van der Waals surface area (Å²) in [6.07, 6.45) is 55.0. The van der Waals surface area contributed by atoms with Crippen molar-refractivity contribution in [3.8, 4) is 0 Å². The van der Waals surface area contributed by atoms with Crippen LogP contribution in [0.2, 0.25) is 10.8 Å². The normalized spacial score (nSPS) is 12.8. The van der Waals surface area contributed by atoms with E-state index in [0.29, 0.717) is 0 Å². The molecule has 2 aromatic carbocycles. The Morgan fingerprint density at radius 2 is 0.701 bits per heavy atom. The van der Waals surface area contributed by atoms with Crippen LogP contribution in [-0.4, -0.2) is 4.70 Å². The van der Waals surface area contributed by atoms with E-state index >= 15 is 0 Å². The quantitative estimate of drug-likeness (QED) is 0.0359. The molecule has 0 saturated heterocycles. The Balaban J connectivity index is 0.000000461. The molecule has 0 atom stereocenters. The first kappa shape index (κ1) is 61.1. The van der Waals surface area contributed by atoms with E-state index in [-0.39, 0.29) is 0 Å². The zero-order valence-electron chi connectivity index (χ0n) is 45.5. The maximum absolute atomic E-state index is 11.7. The van der Waals surface area contributed by atoms with Crippen molar-refractivity contribution >= 4 is 11.4 Å². The number of aryl methyl sites for hydroxylation is 2. The molecule has 0 saturated carbocycles. The van der Waals surface area contributed by atoms with Crippen LogP contribution in [0.25, 0.3) is 16.9 Å².